The molecule has 118 valence electrons. The first kappa shape index (κ1) is 15.0. The number of carbonyl (C=O) groups is 2. The van der Waals surface area contributed by atoms with Crippen molar-refractivity contribution in [2.24, 2.45) is 0 Å². The predicted molar refractivity (Wildman–Crippen MR) is 81.1 cm³/mol. The lowest BCUT2D eigenvalue weighted by atomic mass is 10.0. The molecule has 1 unspecified atom stereocenters. The van der Waals surface area contributed by atoms with E-state index in [1.807, 2.05) is 0 Å². The van der Waals surface area contributed by atoms with Gasteiger partial charge in [-0.1, -0.05) is 30.3 Å². The molecule has 2 aromatic carbocycles. The molecule has 1 aliphatic heterocycles. The molecule has 0 aromatic heterocycles. The maximum absolute atomic E-state index is 13.5. The van der Waals surface area contributed by atoms with Crippen molar-refractivity contribution in [3.63, 3.8) is 0 Å². The molecule has 1 N–H and O–H groups in total. The number of hydrogen-bond acceptors (Lipinski definition) is 3. The molecule has 5 nitrogen and oxygen atoms in total. The summed E-state index contributed by atoms with van der Waals surface area (Å²) in [6, 6.07) is 12.7. The molecule has 0 fully saturated rings. The Morgan fingerprint density at radius 2 is 1.87 bits per heavy atom. The van der Waals surface area contributed by atoms with Crippen LogP contribution in [-0.4, -0.2) is 30.1 Å². The summed E-state index contributed by atoms with van der Waals surface area (Å²) in [5, 5.41) is 9.29. The van der Waals surface area contributed by atoms with Crippen LogP contribution in [0.15, 0.2) is 48.5 Å². The molecule has 0 radical (unpaired) electrons. The topological polar surface area (TPSA) is 66.8 Å². The van der Waals surface area contributed by atoms with Crippen molar-refractivity contribution in [3.8, 4) is 5.75 Å². The Balaban J connectivity index is 1.76. The number of halogens is 1. The highest BCUT2D eigenvalue weighted by Gasteiger charge is 2.36. The minimum Gasteiger partial charge on any atom is -0.481 e. The Bertz CT molecular complexity index is 762. The number of aliphatic carboxylic acids is 1. The highest BCUT2D eigenvalue weighted by molar-refractivity contribution is 5.99. The fourth-order valence-corrected chi connectivity index (χ4v) is 2.63. The fraction of sp³-hybridized carbons (Fsp3) is 0.176. The zero-order valence-corrected chi connectivity index (χ0v) is 12.1. The van der Waals surface area contributed by atoms with Gasteiger partial charge < -0.3 is 14.7 Å². The van der Waals surface area contributed by atoms with E-state index in [4.69, 9.17) is 4.74 Å². The molecule has 0 bridgehead atoms. The Hall–Kier alpha value is -2.89. The van der Waals surface area contributed by atoms with E-state index in [9.17, 15) is 19.1 Å². The van der Waals surface area contributed by atoms with E-state index in [1.54, 1.807) is 30.3 Å². The molecule has 0 aliphatic carbocycles. The number of carboxylic acids is 1. The summed E-state index contributed by atoms with van der Waals surface area (Å²) in [7, 11) is 0. The van der Waals surface area contributed by atoms with Crippen molar-refractivity contribution in [2.75, 3.05) is 18.1 Å². The third-order valence-electron chi connectivity index (χ3n) is 3.76. The third-order valence-corrected chi connectivity index (χ3v) is 3.76. The minimum atomic E-state index is -0.984. The number of benzene rings is 2. The molecule has 23 heavy (non-hydrogen) atoms. The lowest BCUT2D eigenvalue weighted by Crippen LogP contribution is -2.35. The minimum absolute atomic E-state index is 0.0110. The number of ether oxygens (including phenoxy) is 1. The molecule has 0 spiro atoms. The van der Waals surface area contributed by atoms with Gasteiger partial charge >= 0.3 is 5.97 Å². The molecule has 0 saturated heterocycles. The Morgan fingerprint density at radius 1 is 1.17 bits per heavy atom. The van der Waals surface area contributed by atoms with Gasteiger partial charge in [0.2, 0.25) is 0 Å². The number of fused-ring (bicyclic) bond motifs is 1. The van der Waals surface area contributed by atoms with Crippen molar-refractivity contribution in [2.45, 2.75) is 5.92 Å². The number of nitrogens with zero attached hydrogens (tertiary/aromatic N) is 1. The SMILES string of the molecule is O=C(O)C1CN(C(=O)COc2ccccc2F)c2ccccc21. The molecule has 1 atom stereocenters. The number of hydrogen-bond donors (Lipinski definition) is 1. The monoisotopic (exact) mass is 315 g/mol. The van der Waals surface area contributed by atoms with E-state index in [1.165, 1.54) is 23.1 Å². The summed E-state index contributed by atoms with van der Waals surface area (Å²) in [6.45, 7) is -0.310. The highest BCUT2D eigenvalue weighted by Crippen LogP contribution is 2.36. The average molecular weight is 315 g/mol. The van der Waals surface area contributed by atoms with Crippen LogP contribution in [0.25, 0.3) is 0 Å². The molecule has 6 heteroatoms. The Morgan fingerprint density at radius 3 is 2.61 bits per heavy atom. The summed E-state index contributed by atoms with van der Waals surface area (Å²) in [6.07, 6.45) is 0. The predicted octanol–water partition coefficient (Wildman–Crippen LogP) is 2.42. The maximum Gasteiger partial charge on any atom is 0.312 e. The first-order valence-electron chi connectivity index (χ1n) is 7.07. The first-order chi connectivity index (χ1) is 11.1. The van der Waals surface area contributed by atoms with Crippen LogP contribution in [-0.2, 0) is 9.59 Å². The standard InChI is InChI=1S/C17H14FNO4/c18-13-6-2-4-8-15(13)23-10-16(20)19-9-12(17(21)22)11-5-1-3-7-14(11)19/h1-8,12H,9-10H2,(H,21,22). The summed E-state index contributed by atoms with van der Waals surface area (Å²) in [5.41, 5.74) is 1.15. The van der Waals surface area contributed by atoms with Crippen molar-refractivity contribution < 1.29 is 23.8 Å². The van der Waals surface area contributed by atoms with Crippen LogP contribution in [0, 0.1) is 5.82 Å². The lowest BCUT2D eigenvalue weighted by molar-refractivity contribution is -0.138. The Labute approximate surface area is 131 Å². The number of amides is 1. The quantitative estimate of drug-likeness (QED) is 0.941. The molecule has 1 heterocycles. The van der Waals surface area contributed by atoms with Crippen molar-refractivity contribution >= 4 is 17.6 Å². The summed E-state index contributed by atoms with van der Waals surface area (Å²) in [5.74, 6) is -2.72. The van der Waals surface area contributed by atoms with Gasteiger partial charge in [0.15, 0.2) is 18.2 Å². The van der Waals surface area contributed by atoms with Gasteiger partial charge in [-0.15, -0.1) is 0 Å². The molecule has 1 amide bonds. The average Bonchev–Trinajstić information content (AvgIpc) is 2.94. The lowest BCUT2D eigenvalue weighted by Gasteiger charge is -2.17. The number of carboxylic acid groups (broad SMARTS) is 1. The van der Waals surface area contributed by atoms with Crippen LogP contribution in [0.5, 0.6) is 5.75 Å². The number of carbonyl (C=O) groups excluding carboxylic acids is 1. The van der Waals surface area contributed by atoms with Gasteiger partial charge in [-0.2, -0.15) is 0 Å². The molecule has 2 aromatic rings. The van der Waals surface area contributed by atoms with E-state index < -0.39 is 23.6 Å². The third kappa shape index (κ3) is 2.88. The normalized spacial score (nSPS) is 16.0. The summed E-state index contributed by atoms with van der Waals surface area (Å²) >= 11 is 0. The zero-order chi connectivity index (χ0) is 16.4. The van der Waals surface area contributed by atoms with E-state index >= 15 is 0 Å². The van der Waals surface area contributed by atoms with E-state index in [0.29, 0.717) is 11.3 Å². The van der Waals surface area contributed by atoms with Crippen LogP contribution in [0.1, 0.15) is 11.5 Å². The number of rotatable bonds is 4. The summed E-state index contributed by atoms with van der Waals surface area (Å²) < 4.78 is 18.7. The largest absolute Gasteiger partial charge is 0.481 e. The van der Waals surface area contributed by atoms with Gasteiger partial charge in [0.05, 0.1) is 0 Å². The maximum atomic E-state index is 13.5. The van der Waals surface area contributed by atoms with Crippen LogP contribution < -0.4 is 9.64 Å². The van der Waals surface area contributed by atoms with E-state index in [0.717, 1.165) is 0 Å². The van der Waals surface area contributed by atoms with Crippen molar-refractivity contribution in [1.82, 2.24) is 0 Å². The second kappa shape index (κ2) is 6.08. The van der Waals surface area contributed by atoms with Gasteiger partial charge in [0.1, 0.15) is 5.92 Å². The molecule has 3 rings (SSSR count). The second-order valence-corrected chi connectivity index (χ2v) is 5.17. The van der Waals surface area contributed by atoms with Gasteiger partial charge in [0, 0.05) is 12.2 Å². The van der Waals surface area contributed by atoms with Crippen LogP contribution in [0.4, 0.5) is 10.1 Å². The van der Waals surface area contributed by atoms with Crippen LogP contribution in [0.2, 0.25) is 0 Å². The molecular formula is C17H14FNO4. The summed E-state index contributed by atoms with van der Waals surface area (Å²) in [4.78, 5) is 25.1. The number of para-hydroxylation sites is 2. The fourth-order valence-electron chi connectivity index (χ4n) is 2.63. The van der Waals surface area contributed by atoms with Crippen molar-refractivity contribution in [3.05, 3.63) is 59.9 Å². The number of anilines is 1. The smallest absolute Gasteiger partial charge is 0.312 e. The molecule has 0 saturated carbocycles. The zero-order valence-electron chi connectivity index (χ0n) is 12.1. The molecule has 1 aliphatic rings. The Kier molecular flexibility index (Phi) is 3.97. The van der Waals surface area contributed by atoms with Crippen LogP contribution in [0.3, 0.4) is 0 Å². The molecular weight excluding hydrogens is 301 g/mol. The van der Waals surface area contributed by atoms with Gasteiger partial charge in [-0.05, 0) is 23.8 Å². The van der Waals surface area contributed by atoms with Gasteiger partial charge in [0.25, 0.3) is 5.91 Å². The first-order valence-corrected chi connectivity index (χ1v) is 7.07. The van der Waals surface area contributed by atoms with E-state index in [2.05, 4.69) is 0 Å². The van der Waals surface area contributed by atoms with E-state index in [-0.39, 0.29) is 18.9 Å². The van der Waals surface area contributed by atoms with Gasteiger partial charge in [-0.3, -0.25) is 9.59 Å². The van der Waals surface area contributed by atoms with Gasteiger partial charge in [-0.25, -0.2) is 4.39 Å². The van der Waals surface area contributed by atoms with Crippen molar-refractivity contribution in [1.29, 1.82) is 0 Å². The second-order valence-electron chi connectivity index (χ2n) is 5.17. The highest BCUT2D eigenvalue weighted by atomic mass is 19.1. The van der Waals surface area contributed by atoms with Crippen LogP contribution >= 0.6 is 0 Å².